The highest BCUT2D eigenvalue weighted by atomic mass is 16.5. The number of ether oxygens (including phenoxy) is 1. The molecule has 1 aromatic heterocycles. The summed E-state index contributed by atoms with van der Waals surface area (Å²) < 4.78 is 7.34. The lowest BCUT2D eigenvalue weighted by atomic mass is 9.93. The molecule has 1 N–H and O–H groups in total. The number of imidazole rings is 1. The first-order valence-electron chi connectivity index (χ1n) is 8.76. The summed E-state index contributed by atoms with van der Waals surface area (Å²) in [5.41, 5.74) is 0. The number of piperidine rings is 1. The van der Waals surface area contributed by atoms with E-state index in [1.165, 1.54) is 0 Å². The van der Waals surface area contributed by atoms with Gasteiger partial charge in [0.1, 0.15) is 0 Å². The summed E-state index contributed by atoms with van der Waals surface area (Å²) in [4.78, 5) is 13.3. The molecule has 0 aromatic carbocycles. The van der Waals surface area contributed by atoms with Crippen LogP contribution in [0, 0.1) is 5.92 Å². The highest BCUT2D eigenvalue weighted by Gasteiger charge is 2.28. The number of aromatic nitrogens is 2. The Morgan fingerprint density at radius 1 is 1.46 bits per heavy atom. The van der Waals surface area contributed by atoms with Crippen LogP contribution in [0.5, 0.6) is 0 Å². The van der Waals surface area contributed by atoms with Crippen molar-refractivity contribution in [3.05, 3.63) is 18.7 Å². The van der Waals surface area contributed by atoms with Gasteiger partial charge in [0.05, 0.1) is 19.0 Å². The molecular formula is C17H32N6O. The fourth-order valence-corrected chi connectivity index (χ4v) is 3.14. The second kappa shape index (κ2) is 9.64. The van der Waals surface area contributed by atoms with Gasteiger partial charge in [-0.2, -0.15) is 0 Å². The molecule has 136 valence electrons. The Hall–Kier alpha value is -1.60. The largest absolute Gasteiger partial charge is 0.383 e. The van der Waals surface area contributed by atoms with E-state index in [9.17, 15) is 0 Å². The number of likely N-dealkylation sites (N-methyl/N-ethyl adjacent to an activating group) is 1. The summed E-state index contributed by atoms with van der Waals surface area (Å²) in [6.07, 6.45) is 7.00. The first-order chi connectivity index (χ1) is 11.7. The van der Waals surface area contributed by atoms with Crippen LogP contribution in [0.25, 0.3) is 0 Å². The number of hydrogen-bond acceptors (Lipinski definition) is 4. The first kappa shape index (κ1) is 18.7. The van der Waals surface area contributed by atoms with Crippen molar-refractivity contribution in [3.8, 4) is 0 Å². The van der Waals surface area contributed by atoms with Gasteiger partial charge in [-0.3, -0.25) is 4.99 Å². The summed E-state index contributed by atoms with van der Waals surface area (Å²) in [6, 6.07) is 0.448. The number of nitrogens with one attached hydrogen (secondary N) is 1. The fourth-order valence-electron chi connectivity index (χ4n) is 3.14. The van der Waals surface area contributed by atoms with E-state index in [1.807, 2.05) is 19.6 Å². The summed E-state index contributed by atoms with van der Waals surface area (Å²) in [5.74, 6) is 1.64. The Labute approximate surface area is 145 Å². The smallest absolute Gasteiger partial charge is 0.193 e. The molecule has 7 nitrogen and oxygen atoms in total. The first-order valence-corrected chi connectivity index (χ1v) is 8.76. The zero-order chi connectivity index (χ0) is 17.4. The minimum atomic E-state index is 0.448. The van der Waals surface area contributed by atoms with E-state index in [0.717, 1.165) is 51.7 Å². The summed E-state index contributed by atoms with van der Waals surface area (Å²) in [7, 11) is 5.71. The molecule has 0 saturated carbocycles. The lowest BCUT2D eigenvalue weighted by molar-refractivity contribution is 0.161. The molecule has 1 saturated heterocycles. The topological polar surface area (TPSA) is 57.9 Å². The maximum atomic E-state index is 5.11. The molecule has 2 rings (SSSR count). The van der Waals surface area contributed by atoms with Gasteiger partial charge in [0.25, 0.3) is 0 Å². The van der Waals surface area contributed by atoms with Crippen LogP contribution in [0.4, 0.5) is 0 Å². The lowest BCUT2D eigenvalue weighted by Gasteiger charge is -2.39. The molecule has 2 atom stereocenters. The standard InChI is InChI=1S/C17H32N6O/c1-15-5-8-22(13-16(15)23-10-6-19-14-23)17(18-2)20-7-9-21(3)11-12-24-4/h6,10,14-16H,5,7-9,11-13H2,1-4H3,(H,18,20). The van der Waals surface area contributed by atoms with Crippen LogP contribution in [0.1, 0.15) is 19.4 Å². The van der Waals surface area contributed by atoms with Crippen molar-refractivity contribution >= 4 is 5.96 Å². The molecule has 1 aliphatic heterocycles. The zero-order valence-electron chi connectivity index (χ0n) is 15.5. The van der Waals surface area contributed by atoms with Gasteiger partial charge in [-0.1, -0.05) is 6.92 Å². The third-order valence-electron chi connectivity index (χ3n) is 4.79. The van der Waals surface area contributed by atoms with E-state index in [4.69, 9.17) is 4.74 Å². The fraction of sp³-hybridized carbons (Fsp3) is 0.765. The number of rotatable bonds is 7. The van der Waals surface area contributed by atoms with Crippen LogP contribution >= 0.6 is 0 Å². The molecule has 0 aliphatic carbocycles. The van der Waals surface area contributed by atoms with Crippen molar-refractivity contribution < 1.29 is 4.74 Å². The van der Waals surface area contributed by atoms with E-state index in [0.29, 0.717) is 12.0 Å². The highest BCUT2D eigenvalue weighted by molar-refractivity contribution is 5.80. The minimum Gasteiger partial charge on any atom is -0.383 e. The maximum Gasteiger partial charge on any atom is 0.193 e. The quantitative estimate of drug-likeness (QED) is 0.593. The van der Waals surface area contributed by atoms with E-state index < -0.39 is 0 Å². The maximum absolute atomic E-state index is 5.11. The molecule has 2 heterocycles. The summed E-state index contributed by atoms with van der Waals surface area (Å²) >= 11 is 0. The number of nitrogens with zero attached hydrogens (tertiary/aromatic N) is 5. The van der Waals surface area contributed by atoms with Gasteiger partial charge in [0.2, 0.25) is 0 Å². The predicted octanol–water partition coefficient (Wildman–Crippen LogP) is 0.920. The molecule has 24 heavy (non-hydrogen) atoms. The molecule has 7 heteroatoms. The molecule has 0 bridgehead atoms. The molecule has 0 radical (unpaired) electrons. The van der Waals surface area contributed by atoms with Crippen molar-refractivity contribution in [2.24, 2.45) is 10.9 Å². The van der Waals surface area contributed by atoms with Gasteiger partial charge < -0.3 is 24.4 Å². The van der Waals surface area contributed by atoms with Gasteiger partial charge in [0.15, 0.2) is 5.96 Å². The Bertz CT molecular complexity index is 489. The van der Waals surface area contributed by atoms with Crippen molar-refractivity contribution in [1.82, 2.24) is 24.7 Å². The van der Waals surface area contributed by atoms with Crippen LogP contribution < -0.4 is 5.32 Å². The summed E-state index contributed by atoms with van der Waals surface area (Å²) in [5, 5.41) is 3.50. The van der Waals surface area contributed by atoms with Gasteiger partial charge in [-0.25, -0.2) is 4.98 Å². The van der Waals surface area contributed by atoms with Crippen molar-refractivity contribution in [1.29, 1.82) is 0 Å². The molecular weight excluding hydrogens is 304 g/mol. The third-order valence-corrected chi connectivity index (χ3v) is 4.79. The summed E-state index contributed by atoms with van der Waals surface area (Å²) in [6.45, 7) is 7.90. The van der Waals surface area contributed by atoms with E-state index in [-0.39, 0.29) is 0 Å². The van der Waals surface area contributed by atoms with Crippen LogP contribution in [0.2, 0.25) is 0 Å². The van der Waals surface area contributed by atoms with Gasteiger partial charge in [0, 0.05) is 59.3 Å². The number of hydrogen-bond donors (Lipinski definition) is 1. The lowest BCUT2D eigenvalue weighted by Crippen LogP contribution is -2.50. The van der Waals surface area contributed by atoms with Crippen LogP contribution in [-0.4, -0.2) is 85.8 Å². The van der Waals surface area contributed by atoms with Crippen molar-refractivity contribution in [3.63, 3.8) is 0 Å². The number of methoxy groups -OCH3 is 1. The third kappa shape index (κ3) is 5.21. The van der Waals surface area contributed by atoms with Gasteiger partial charge in [-0.05, 0) is 19.4 Å². The Kier molecular flexibility index (Phi) is 7.52. The van der Waals surface area contributed by atoms with E-state index in [2.05, 4.69) is 49.8 Å². The molecule has 1 aliphatic rings. The Morgan fingerprint density at radius 2 is 2.29 bits per heavy atom. The zero-order valence-corrected chi connectivity index (χ0v) is 15.5. The highest BCUT2D eigenvalue weighted by Crippen LogP contribution is 2.27. The predicted molar refractivity (Wildman–Crippen MR) is 97.4 cm³/mol. The van der Waals surface area contributed by atoms with Gasteiger partial charge >= 0.3 is 0 Å². The number of aliphatic imine (C=N–C) groups is 1. The van der Waals surface area contributed by atoms with Crippen LogP contribution in [0.3, 0.4) is 0 Å². The molecule has 2 unspecified atom stereocenters. The Morgan fingerprint density at radius 3 is 2.96 bits per heavy atom. The normalized spacial score (nSPS) is 22.2. The molecule has 0 amide bonds. The van der Waals surface area contributed by atoms with Gasteiger partial charge in [-0.15, -0.1) is 0 Å². The number of likely N-dealkylation sites (tertiary alicyclic amines) is 1. The SMILES string of the molecule is CN=C(NCCN(C)CCOC)N1CCC(C)C(n2ccnc2)C1. The molecule has 0 spiro atoms. The van der Waals surface area contributed by atoms with Crippen molar-refractivity contribution in [2.45, 2.75) is 19.4 Å². The molecule has 1 fully saturated rings. The number of guanidine groups is 1. The average Bonchev–Trinajstić information content (AvgIpc) is 3.12. The second-order valence-corrected chi connectivity index (χ2v) is 6.56. The van der Waals surface area contributed by atoms with Crippen LogP contribution in [0.15, 0.2) is 23.7 Å². The van der Waals surface area contributed by atoms with Crippen molar-refractivity contribution in [2.75, 3.05) is 60.5 Å². The van der Waals surface area contributed by atoms with E-state index in [1.54, 1.807) is 7.11 Å². The van der Waals surface area contributed by atoms with Crippen LogP contribution in [-0.2, 0) is 4.74 Å². The minimum absolute atomic E-state index is 0.448. The average molecular weight is 336 g/mol. The second-order valence-electron chi connectivity index (χ2n) is 6.56. The Balaban J connectivity index is 1.84. The monoisotopic (exact) mass is 336 g/mol. The molecule has 1 aromatic rings. The van der Waals surface area contributed by atoms with E-state index >= 15 is 0 Å².